The number of nitrogens with zero attached hydrogens (tertiary/aromatic N) is 3. The van der Waals surface area contributed by atoms with Gasteiger partial charge in [-0.05, 0) is 18.2 Å². The maximum atomic E-state index is 12.3. The maximum absolute atomic E-state index is 12.3. The lowest BCUT2D eigenvalue weighted by molar-refractivity contribution is -0.154. The fourth-order valence-corrected chi connectivity index (χ4v) is 2.17. The van der Waals surface area contributed by atoms with Gasteiger partial charge in [0.15, 0.2) is 6.61 Å². The molecule has 2 aromatic heterocycles. The molecule has 0 aliphatic carbocycles. The van der Waals surface area contributed by atoms with Crippen LogP contribution in [-0.4, -0.2) is 33.6 Å². The molecule has 0 unspecified atom stereocenters. The second kappa shape index (κ2) is 7.34. The van der Waals surface area contributed by atoms with E-state index in [9.17, 15) is 18.0 Å². The van der Waals surface area contributed by atoms with Crippen LogP contribution in [0.15, 0.2) is 48.8 Å². The van der Waals surface area contributed by atoms with Crippen molar-refractivity contribution < 1.29 is 22.7 Å². The summed E-state index contributed by atoms with van der Waals surface area (Å²) in [5.41, 5.74) is 1.64. The first-order valence-electron chi connectivity index (χ1n) is 7.56. The van der Waals surface area contributed by atoms with Gasteiger partial charge in [0.05, 0.1) is 17.2 Å². The van der Waals surface area contributed by atoms with Gasteiger partial charge < -0.3 is 10.1 Å². The van der Waals surface area contributed by atoms with Crippen molar-refractivity contribution in [1.29, 1.82) is 0 Å². The summed E-state index contributed by atoms with van der Waals surface area (Å²) in [5, 5.41) is 2.57. The quantitative estimate of drug-likeness (QED) is 0.755. The van der Waals surface area contributed by atoms with Crippen LogP contribution >= 0.6 is 0 Å². The van der Waals surface area contributed by atoms with Crippen molar-refractivity contribution in [2.24, 2.45) is 0 Å². The number of alkyl halides is 3. The Morgan fingerprint density at radius 1 is 1.08 bits per heavy atom. The minimum atomic E-state index is -4.47. The van der Waals surface area contributed by atoms with E-state index in [2.05, 4.69) is 25.0 Å². The molecule has 134 valence electrons. The number of hydrogen-bond donors (Lipinski definition) is 1. The maximum Gasteiger partial charge on any atom is 0.422 e. The highest BCUT2D eigenvalue weighted by Gasteiger charge is 2.29. The number of para-hydroxylation sites is 2. The molecule has 9 heteroatoms. The van der Waals surface area contributed by atoms with Crippen molar-refractivity contribution in [2.45, 2.75) is 12.7 Å². The van der Waals surface area contributed by atoms with E-state index in [1.165, 1.54) is 24.5 Å². The number of rotatable bonds is 5. The van der Waals surface area contributed by atoms with Crippen LogP contribution in [0.1, 0.15) is 16.1 Å². The van der Waals surface area contributed by atoms with Gasteiger partial charge in [-0.15, -0.1) is 0 Å². The van der Waals surface area contributed by atoms with Crippen molar-refractivity contribution in [2.75, 3.05) is 6.61 Å². The second-order valence-corrected chi connectivity index (χ2v) is 5.30. The fraction of sp³-hybridized carbons (Fsp3) is 0.176. The molecule has 0 fully saturated rings. The summed E-state index contributed by atoms with van der Waals surface area (Å²) in [6.45, 7) is -1.52. The Kier molecular flexibility index (Phi) is 4.97. The minimum Gasteiger partial charge on any atom is -0.468 e. The van der Waals surface area contributed by atoms with Crippen molar-refractivity contribution in [3.8, 4) is 5.88 Å². The first-order valence-corrected chi connectivity index (χ1v) is 7.56. The van der Waals surface area contributed by atoms with Gasteiger partial charge in [-0.25, -0.2) is 9.97 Å². The summed E-state index contributed by atoms with van der Waals surface area (Å²) >= 11 is 0. The molecule has 0 atom stereocenters. The molecular formula is C17H13F3N4O2. The SMILES string of the molecule is O=C(NCc1cccnc1OCC(F)(F)F)c1cnc2ccccc2n1. The number of ether oxygens (including phenoxy) is 1. The van der Waals surface area contributed by atoms with Crippen molar-refractivity contribution in [3.63, 3.8) is 0 Å². The molecule has 26 heavy (non-hydrogen) atoms. The van der Waals surface area contributed by atoms with Gasteiger partial charge in [0.2, 0.25) is 5.88 Å². The van der Waals surface area contributed by atoms with E-state index in [1.54, 1.807) is 18.2 Å². The summed E-state index contributed by atoms with van der Waals surface area (Å²) in [6.07, 6.45) is -1.83. The molecule has 0 bridgehead atoms. The Morgan fingerprint density at radius 2 is 1.85 bits per heavy atom. The smallest absolute Gasteiger partial charge is 0.422 e. The van der Waals surface area contributed by atoms with Crippen molar-refractivity contribution >= 4 is 16.9 Å². The lowest BCUT2D eigenvalue weighted by Crippen LogP contribution is -2.25. The molecule has 1 N–H and O–H groups in total. The van der Waals surface area contributed by atoms with Crippen molar-refractivity contribution in [1.82, 2.24) is 20.3 Å². The summed E-state index contributed by atoms with van der Waals surface area (Å²) in [7, 11) is 0. The normalized spacial score (nSPS) is 11.3. The summed E-state index contributed by atoms with van der Waals surface area (Å²) in [6, 6.07) is 10.1. The van der Waals surface area contributed by atoms with Crippen LogP contribution in [0, 0.1) is 0 Å². The average Bonchev–Trinajstić information content (AvgIpc) is 2.64. The standard InChI is InChI=1S/C17H13F3N4O2/c18-17(19,20)10-26-16-11(4-3-7-21-16)8-23-15(25)14-9-22-12-5-1-2-6-13(12)24-14/h1-7,9H,8,10H2,(H,23,25). The van der Waals surface area contributed by atoms with E-state index in [-0.39, 0.29) is 18.1 Å². The van der Waals surface area contributed by atoms with Gasteiger partial charge >= 0.3 is 6.18 Å². The second-order valence-electron chi connectivity index (χ2n) is 5.30. The van der Waals surface area contributed by atoms with Crippen LogP contribution in [0.25, 0.3) is 11.0 Å². The zero-order chi connectivity index (χ0) is 18.6. The molecule has 0 saturated carbocycles. The number of benzene rings is 1. The predicted molar refractivity (Wildman–Crippen MR) is 86.5 cm³/mol. The molecule has 6 nitrogen and oxygen atoms in total. The minimum absolute atomic E-state index is 0.0611. The number of amides is 1. The number of halogens is 3. The number of aromatic nitrogens is 3. The summed E-state index contributed by atoms with van der Waals surface area (Å²) in [5.74, 6) is -0.691. The van der Waals surface area contributed by atoms with Crippen LogP contribution < -0.4 is 10.1 Å². The summed E-state index contributed by atoms with van der Waals surface area (Å²) < 4.78 is 41.6. The Balaban J connectivity index is 1.69. The van der Waals surface area contributed by atoms with E-state index in [0.717, 1.165) is 0 Å². The van der Waals surface area contributed by atoms with E-state index in [0.29, 0.717) is 16.6 Å². The molecule has 3 aromatic rings. The van der Waals surface area contributed by atoms with Gasteiger partial charge in [-0.2, -0.15) is 13.2 Å². The Bertz CT molecular complexity index is 931. The van der Waals surface area contributed by atoms with Gasteiger partial charge in [0.1, 0.15) is 5.69 Å². The molecular weight excluding hydrogens is 349 g/mol. The highest BCUT2D eigenvalue weighted by atomic mass is 19.4. The lowest BCUT2D eigenvalue weighted by atomic mass is 10.2. The van der Waals surface area contributed by atoms with Crippen LogP contribution in [0.4, 0.5) is 13.2 Å². The largest absolute Gasteiger partial charge is 0.468 e. The number of carbonyl (C=O) groups is 1. The van der Waals surface area contributed by atoms with Gasteiger partial charge in [0.25, 0.3) is 5.91 Å². The molecule has 2 heterocycles. The number of fused-ring (bicyclic) bond motifs is 1. The van der Waals surface area contributed by atoms with Crippen LogP contribution in [-0.2, 0) is 6.54 Å². The van der Waals surface area contributed by atoms with Gasteiger partial charge in [-0.3, -0.25) is 9.78 Å². The molecule has 1 aromatic carbocycles. The van der Waals surface area contributed by atoms with Gasteiger partial charge in [-0.1, -0.05) is 18.2 Å². The summed E-state index contributed by atoms with van der Waals surface area (Å²) in [4.78, 5) is 24.4. The monoisotopic (exact) mass is 362 g/mol. The molecule has 0 aliphatic heterocycles. The molecule has 0 radical (unpaired) electrons. The Hall–Kier alpha value is -3.23. The lowest BCUT2D eigenvalue weighted by Gasteiger charge is -2.12. The topological polar surface area (TPSA) is 77.0 Å². The fourth-order valence-electron chi connectivity index (χ4n) is 2.17. The molecule has 0 aliphatic rings. The Morgan fingerprint density at radius 3 is 2.62 bits per heavy atom. The first kappa shape index (κ1) is 17.6. The zero-order valence-corrected chi connectivity index (χ0v) is 13.3. The number of hydrogen-bond acceptors (Lipinski definition) is 5. The third kappa shape index (κ3) is 4.44. The van der Waals surface area contributed by atoms with E-state index in [1.807, 2.05) is 6.07 Å². The zero-order valence-electron chi connectivity index (χ0n) is 13.3. The average molecular weight is 362 g/mol. The third-order valence-electron chi connectivity index (χ3n) is 3.34. The van der Waals surface area contributed by atoms with Crippen LogP contribution in [0.3, 0.4) is 0 Å². The van der Waals surface area contributed by atoms with E-state index < -0.39 is 18.7 Å². The number of nitrogens with one attached hydrogen (secondary N) is 1. The Labute approximate surface area is 146 Å². The third-order valence-corrected chi connectivity index (χ3v) is 3.34. The van der Waals surface area contributed by atoms with Gasteiger partial charge in [0, 0.05) is 18.3 Å². The molecule has 3 rings (SSSR count). The predicted octanol–water partition coefficient (Wildman–Crippen LogP) is 2.90. The highest BCUT2D eigenvalue weighted by Crippen LogP contribution is 2.20. The molecule has 0 saturated heterocycles. The van der Waals surface area contributed by atoms with Crippen LogP contribution in [0.5, 0.6) is 5.88 Å². The highest BCUT2D eigenvalue weighted by molar-refractivity contribution is 5.93. The van der Waals surface area contributed by atoms with Crippen molar-refractivity contribution in [3.05, 3.63) is 60.0 Å². The van der Waals surface area contributed by atoms with Crippen LogP contribution in [0.2, 0.25) is 0 Å². The molecule has 1 amide bonds. The van der Waals surface area contributed by atoms with E-state index >= 15 is 0 Å². The first-order chi connectivity index (χ1) is 12.4. The van der Waals surface area contributed by atoms with E-state index in [4.69, 9.17) is 0 Å². The number of carbonyl (C=O) groups excluding carboxylic acids is 1. The number of pyridine rings is 1. The molecule has 0 spiro atoms.